The van der Waals surface area contributed by atoms with E-state index >= 15 is 0 Å². The second-order valence-electron chi connectivity index (χ2n) is 7.07. The molecule has 0 aliphatic heterocycles. The molecule has 0 radical (unpaired) electrons. The monoisotopic (exact) mass is 369 g/mol. The summed E-state index contributed by atoms with van der Waals surface area (Å²) in [6, 6.07) is 6.81. The lowest BCUT2D eigenvalue weighted by Gasteiger charge is -2.14. The number of aromatic nitrogens is 2. The van der Waals surface area contributed by atoms with E-state index in [0.29, 0.717) is 35.7 Å². The van der Waals surface area contributed by atoms with Crippen LogP contribution in [0.3, 0.4) is 0 Å². The molecule has 0 aliphatic rings. The van der Waals surface area contributed by atoms with Crippen LogP contribution in [-0.4, -0.2) is 28.6 Å². The van der Waals surface area contributed by atoms with Crippen molar-refractivity contribution in [1.82, 2.24) is 9.97 Å². The van der Waals surface area contributed by atoms with Crippen molar-refractivity contribution in [2.75, 3.05) is 11.9 Å². The van der Waals surface area contributed by atoms with Crippen molar-refractivity contribution < 1.29 is 14.3 Å². The van der Waals surface area contributed by atoms with Crippen molar-refractivity contribution in [3.63, 3.8) is 0 Å². The molecule has 0 saturated heterocycles. The third-order valence-electron chi connectivity index (χ3n) is 3.46. The lowest BCUT2D eigenvalue weighted by molar-refractivity contribution is 0.102. The van der Waals surface area contributed by atoms with E-state index in [2.05, 4.69) is 21.9 Å². The zero-order valence-electron chi connectivity index (χ0n) is 16.6. The molecule has 0 saturated carbocycles. The van der Waals surface area contributed by atoms with Gasteiger partial charge in [-0.2, -0.15) is 4.98 Å². The third-order valence-corrected chi connectivity index (χ3v) is 3.46. The number of hydrogen-bond donors (Lipinski definition) is 1. The first-order valence-corrected chi connectivity index (χ1v) is 8.99. The normalized spacial score (nSPS) is 10.8. The topological polar surface area (TPSA) is 73.3 Å². The Labute approximate surface area is 160 Å². The largest absolute Gasteiger partial charge is 0.477 e. The van der Waals surface area contributed by atoms with Crippen LogP contribution in [0.5, 0.6) is 11.8 Å². The number of carbonyl (C=O) groups is 1. The SMILES string of the molecule is C=C(C)c1ccc(NC(=O)c2cc(OCC(C)C)nc(OC(C)C)c2)nc1. The van der Waals surface area contributed by atoms with Gasteiger partial charge in [-0.3, -0.25) is 4.79 Å². The molecule has 2 aromatic heterocycles. The van der Waals surface area contributed by atoms with Gasteiger partial charge in [0.25, 0.3) is 5.91 Å². The Morgan fingerprint density at radius 2 is 1.85 bits per heavy atom. The first-order valence-electron chi connectivity index (χ1n) is 8.99. The average Bonchev–Trinajstić information content (AvgIpc) is 2.59. The van der Waals surface area contributed by atoms with E-state index in [1.165, 1.54) is 0 Å². The maximum Gasteiger partial charge on any atom is 0.257 e. The van der Waals surface area contributed by atoms with Gasteiger partial charge >= 0.3 is 0 Å². The van der Waals surface area contributed by atoms with Crippen molar-refractivity contribution in [3.8, 4) is 11.8 Å². The number of nitrogens with zero attached hydrogens (tertiary/aromatic N) is 2. The van der Waals surface area contributed by atoms with Gasteiger partial charge in [-0.1, -0.05) is 20.4 Å². The highest BCUT2D eigenvalue weighted by atomic mass is 16.5. The van der Waals surface area contributed by atoms with Crippen LogP contribution in [0.2, 0.25) is 0 Å². The van der Waals surface area contributed by atoms with E-state index in [1.54, 1.807) is 24.4 Å². The fraction of sp³-hybridized carbons (Fsp3) is 0.381. The molecule has 144 valence electrons. The fourth-order valence-corrected chi connectivity index (χ4v) is 2.15. The van der Waals surface area contributed by atoms with Gasteiger partial charge < -0.3 is 14.8 Å². The predicted molar refractivity (Wildman–Crippen MR) is 107 cm³/mol. The minimum Gasteiger partial charge on any atom is -0.477 e. The van der Waals surface area contributed by atoms with Crippen LogP contribution in [0.4, 0.5) is 5.82 Å². The summed E-state index contributed by atoms with van der Waals surface area (Å²) in [6.45, 7) is 14.2. The summed E-state index contributed by atoms with van der Waals surface area (Å²) in [5.41, 5.74) is 2.23. The molecule has 6 nitrogen and oxygen atoms in total. The molecule has 0 bridgehead atoms. The Balaban J connectivity index is 2.21. The van der Waals surface area contributed by atoms with Gasteiger partial charge in [-0.05, 0) is 50.0 Å². The number of carbonyl (C=O) groups excluding carboxylic acids is 1. The van der Waals surface area contributed by atoms with Crippen molar-refractivity contribution in [2.45, 2.75) is 40.7 Å². The van der Waals surface area contributed by atoms with Crippen LogP contribution in [-0.2, 0) is 0 Å². The molecule has 1 N–H and O–H groups in total. The third kappa shape index (κ3) is 6.40. The number of ether oxygens (including phenoxy) is 2. The Morgan fingerprint density at radius 3 is 2.41 bits per heavy atom. The molecule has 2 heterocycles. The Hall–Kier alpha value is -2.89. The molecule has 0 atom stereocenters. The molecular weight excluding hydrogens is 342 g/mol. The number of hydrogen-bond acceptors (Lipinski definition) is 5. The van der Waals surface area contributed by atoms with Gasteiger partial charge in [-0.15, -0.1) is 0 Å². The molecule has 6 heteroatoms. The van der Waals surface area contributed by atoms with E-state index in [-0.39, 0.29) is 12.0 Å². The highest BCUT2D eigenvalue weighted by molar-refractivity contribution is 6.04. The van der Waals surface area contributed by atoms with Crippen molar-refractivity contribution in [1.29, 1.82) is 0 Å². The number of anilines is 1. The number of pyridine rings is 2. The smallest absolute Gasteiger partial charge is 0.257 e. The summed E-state index contributed by atoms with van der Waals surface area (Å²) < 4.78 is 11.3. The standard InChI is InChI=1S/C21H27N3O3/c1-13(2)12-26-19-9-17(10-20(24-19)27-15(5)6)21(25)23-18-8-7-16(11-22-18)14(3)4/h7-11,13,15H,3,12H2,1-2,4-6H3,(H,22,23,25). The summed E-state index contributed by atoms with van der Waals surface area (Å²) in [6.07, 6.45) is 1.61. The van der Waals surface area contributed by atoms with Crippen molar-refractivity contribution >= 4 is 17.3 Å². The molecule has 27 heavy (non-hydrogen) atoms. The minimum atomic E-state index is -0.309. The first kappa shape index (κ1) is 20.4. The van der Waals surface area contributed by atoms with Crippen LogP contribution in [0.25, 0.3) is 5.57 Å². The fourth-order valence-electron chi connectivity index (χ4n) is 2.15. The highest BCUT2D eigenvalue weighted by Crippen LogP contribution is 2.21. The first-order chi connectivity index (χ1) is 12.7. The van der Waals surface area contributed by atoms with Crippen LogP contribution < -0.4 is 14.8 Å². The lowest BCUT2D eigenvalue weighted by Crippen LogP contribution is -2.15. The predicted octanol–water partition coefficient (Wildman–Crippen LogP) is 4.58. The number of nitrogens with one attached hydrogen (secondary N) is 1. The lowest BCUT2D eigenvalue weighted by atomic mass is 10.1. The van der Waals surface area contributed by atoms with E-state index in [1.807, 2.05) is 40.7 Å². The summed E-state index contributed by atoms with van der Waals surface area (Å²) in [5.74, 6) is 1.20. The molecule has 2 rings (SSSR count). The molecule has 0 fully saturated rings. The van der Waals surface area contributed by atoms with Gasteiger partial charge in [-0.25, -0.2) is 4.98 Å². The average molecular weight is 369 g/mol. The number of allylic oxidation sites excluding steroid dienone is 1. The molecule has 0 unspecified atom stereocenters. The number of rotatable bonds is 8. The second-order valence-corrected chi connectivity index (χ2v) is 7.07. The van der Waals surface area contributed by atoms with E-state index in [9.17, 15) is 4.79 Å². The molecule has 1 amide bonds. The summed E-state index contributed by atoms with van der Waals surface area (Å²) in [7, 11) is 0. The number of amides is 1. The Kier molecular flexibility index (Phi) is 6.93. The molecule has 0 aliphatic carbocycles. The van der Waals surface area contributed by atoms with Crippen molar-refractivity contribution in [2.24, 2.45) is 5.92 Å². The molecular formula is C21H27N3O3. The summed E-state index contributed by atoms with van der Waals surface area (Å²) >= 11 is 0. The van der Waals surface area contributed by atoms with Crippen LogP contribution in [0.1, 0.15) is 50.5 Å². The Morgan fingerprint density at radius 1 is 1.15 bits per heavy atom. The van der Waals surface area contributed by atoms with E-state index in [0.717, 1.165) is 11.1 Å². The van der Waals surface area contributed by atoms with Gasteiger partial charge in [0.1, 0.15) is 5.82 Å². The van der Waals surface area contributed by atoms with Gasteiger partial charge in [0.05, 0.1) is 18.3 Å². The highest BCUT2D eigenvalue weighted by Gasteiger charge is 2.14. The summed E-state index contributed by atoms with van der Waals surface area (Å²) in [5, 5.41) is 2.78. The van der Waals surface area contributed by atoms with E-state index < -0.39 is 0 Å². The maximum absolute atomic E-state index is 12.7. The van der Waals surface area contributed by atoms with Gasteiger partial charge in [0, 0.05) is 18.3 Å². The summed E-state index contributed by atoms with van der Waals surface area (Å²) in [4.78, 5) is 21.2. The minimum absolute atomic E-state index is 0.0647. The molecule has 0 spiro atoms. The molecule has 0 aromatic carbocycles. The zero-order valence-corrected chi connectivity index (χ0v) is 16.6. The van der Waals surface area contributed by atoms with Crippen molar-refractivity contribution in [3.05, 3.63) is 48.2 Å². The zero-order chi connectivity index (χ0) is 20.0. The molecule has 2 aromatic rings. The second kappa shape index (κ2) is 9.16. The van der Waals surface area contributed by atoms with Crippen LogP contribution in [0, 0.1) is 5.92 Å². The van der Waals surface area contributed by atoms with E-state index in [4.69, 9.17) is 9.47 Å². The Bertz CT molecular complexity index is 799. The van der Waals surface area contributed by atoms with Gasteiger partial charge in [0.2, 0.25) is 11.8 Å². The maximum atomic E-state index is 12.7. The van der Waals surface area contributed by atoms with Gasteiger partial charge in [0.15, 0.2) is 0 Å². The van der Waals surface area contributed by atoms with Crippen LogP contribution >= 0.6 is 0 Å². The quantitative estimate of drug-likeness (QED) is 0.737. The van der Waals surface area contributed by atoms with Crippen LogP contribution in [0.15, 0.2) is 37.0 Å².